The summed E-state index contributed by atoms with van der Waals surface area (Å²) in [6, 6.07) is 0. The zero-order chi connectivity index (χ0) is 3.58. The Morgan fingerprint density at radius 1 is 1.50 bits per heavy atom. The van der Waals surface area contributed by atoms with Crippen LogP contribution in [-0.4, -0.2) is 5.24 Å². The van der Waals surface area contributed by atoms with Gasteiger partial charge in [0.1, 0.15) is 0 Å². The molecule has 0 aliphatic heterocycles. The maximum absolute atomic E-state index is 9.21. The van der Waals surface area contributed by atoms with Crippen molar-refractivity contribution in [3.8, 4) is 0 Å². The highest BCUT2D eigenvalue weighted by molar-refractivity contribution is 6.62. The number of hydrogen-bond donors (Lipinski definition) is 0. The summed E-state index contributed by atoms with van der Waals surface area (Å²) in [6.45, 7) is 1.29. The Hall–Kier alpha value is 0.540. The minimum atomic E-state index is -0.361. The summed E-state index contributed by atoms with van der Waals surface area (Å²) in [7, 11) is 0. The van der Waals surface area contributed by atoms with Crippen LogP contribution >= 0.6 is 36.4 Å². The van der Waals surface area contributed by atoms with E-state index in [1.807, 2.05) is 0 Å². The summed E-state index contributed by atoms with van der Waals surface area (Å²) in [5.74, 6) is 0. The molecule has 0 saturated heterocycles. The molecule has 40 valence electrons. The maximum Gasteiger partial charge on any atom is 0.218 e. The van der Waals surface area contributed by atoms with Crippen LogP contribution in [0.5, 0.6) is 0 Å². The maximum atomic E-state index is 9.21. The molecule has 0 aromatic heterocycles. The average molecular weight is 151 g/mol. The Morgan fingerprint density at radius 3 is 1.50 bits per heavy atom. The van der Waals surface area contributed by atoms with Crippen molar-refractivity contribution in [1.82, 2.24) is 0 Å². The SMILES string of the molecule is CC(=O)Cl.Cl.Cl. The summed E-state index contributed by atoms with van der Waals surface area (Å²) in [5.41, 5.74) is 0. The fraction of sp³-hybridized carbons (Fsp3) is 0.500. The van der Waals surface area contributed by atoms with E-state index >= 15 is 0 Å². The highest BCUT2D eigenvalue weighted by Gasteiger charge is 1.67. The Bertz CT molecular complexity index is 31.8. The molecule has 6 heavy (non-hydrogen) atoms. The van der Waals surface area contributed by atoms with Crippen LogP contribution in [0.1, 0.15) is 6.92 Å². The molecular formula is C2H5Cl3O. The van der Waals surface area contributed by atoms with E-state index in [0.29, 0.717) is 0 Å². The lowest BCUT2D eigenvalue weighted by Crippen LogP contribution is -1.62. The predicted octanol–water partition coefficient (Wildman–Crippen LogP) is 1.62. The molecule has 0 unspecified atom stereocenters. The van der Waals surface area contributed by atoms with E-state index in [1.54, 1.807) is 0 Å². The molecule has 0 saturated carbocycles. The first-order valence-corrected chi connectivity index (χ1v) is 1.27. The van der Waals surface area contributed by atoms with E-state index in [4.69, 9.17) is 0 Å². The van der Waals surface area contributed by atoms with Crippen molar-refractivity contribution in [2.45, 2.75) is 6.92 Å². The van der Waals surface area contributed by atoms with Gasteiger partial charge in [0.25, 0.3) is 0 Å². The lowest BCUT2D eigenvalue weighted by atomic mass is 10.9. The van der Waals surface area contributed by atoms with Gasteiger partial charge in [-0.25, -0.2) is 0 Å². The van der Waals surface area contributed by atoms with Gasteiger partial charge in [-0.2, -0.15) is 0 Å². The summed E-state index contributed by atoms with van der Waals surface area (Å²) in [5, 5.41) is -0.361. The van der Waals surface area contributed by atoms with Gasteiger partial charge >= 0.3 is 0 Å². The van der Waals surface area contributed by atoms with Crippen molar-refractivity contribution in [2.24, 2.45) is 0 Å². The van der Waals surface area contributed by atoms with Crippen molar-refractivity contribution in [3.05, 3.63) is 0 Å². The molecule has 0 radical (unpaired) electrons. The van der Waals surface area contributed by atoms with Crippen molar-refractivity contribution >= 4 is 41.7 Å². The third-order valence-corrected chi connectivity index (χ3v) is 0. The Kier molecular flexibility index (Phi) is 24.3. The summed E-state index contributed by atoms with van der Waals surface area (Å²) < 4.78 is 0. The zero-order valence-electron chi connectivity index (χ0n) is 3.10. The first kappa shape index (κ1) is 16.0. The van der Waals surface area contributed by atoms with Gasteiger partial charge in [-0.15, -0.1) is 24.8 Å². The van der Waals surface area contributed by atoms with Gasteiger partial charge in [0.15, 0.2) is 0 Å². The van der Waals surface area contributed by atoms with Crippen LogP contribution < -0.4 is 0 Å². The van der Waals surface area contributed by atoms with Crippen molar-refractivity contribution in [2.75, 3.05) is 0 Å². The summed E-state index contributed by atoms with van der Waals surface area (Å²) in [6.07, 6.45) is 0. The predicted molar refractivity (Wildman–Crippen MR) is 31.0 cm³/mol. The van der Waals surface area contributed by atoms with E-state index in [0.717, 1.165) is 0 Å². The van der Waals surface area contributed by atoms with Crippen LogP contribution in [0.25, 0.3) is 0 Å². The number of carbonyl (C=O) groups excluding carboxylic acids is 1. The number of halogens is 3. The zero-order valence-corrected chi connectivity index (χ0v) is 5.49. The van der Waals surface area contributed by atoms with Crippen molar-refractivity contribution in [3.63, 3.8) is 0 Å². The Morgan fingerprint density at radius 2 is 1.50 bits per heavy atom. The van der Waals surface area contributed by atoms with Crippen LogP contribution in [0.4, 0.5) is 0 Å². The molecule has 0 amide bonds. The molecule has 0 N–H and O–H groups in total. The Balaban J connectivity index is -0.0000000450. The van der Waals surface area contributed by atoms with Crippen LogP contribution in [0, 0.1) is 0 Å². The molecule has 0 spiro atoms. The number of rotatable bonds is 0. The fourth-order valence-electron chi connectivity index (χ4n) is 0. The van der Waals surface area contributed by atoms with E-state index in [-0.39, 0.29) is 30.1 Å². The molecule has 0 aromatic carbocycles. The molecular weight excluding hydrogens is 146 g/mol. The topological polar surface area (TPSA) is 17.1 Å². The minimum Gasteiger partial charge on any atom is -0.282 e. The van der Waals surface area contributed by atoms with Crippen LogP contribution in [0.3, 0.4) is 0 Å². The quantitative estimate of drug-likeness (QED) is 0.481. The molecule has 0 aliphatic carbocycles. The summed E-state index contributed by atoms with van der Waals surface area (Å²) in [4.78, 5) is 9.21. The van der Waals surface area contributed by atoms with Gasteiger partial charge in [-0.1, -0.05) is 0 Å². The lowest BCUT2D eigenvalue weighted by molar-refractivity contribution is -0.109. The van der Waals surface area contributed by atoms with Crippen LogP contribution in [-0.2, 0) is 4.79 Å². The van der Waals surface area contributed by atoms with E-state index in [9.17, 15) is 4.79 Å². The molecule has 0 atom stereocenters. The van der Waals surface area contributed by atoms with E-state index < -0.39 is 0 Å². The second-order valence-electron chi connectivity index (χ2n) is 0.470. The molecule has 0 bridgehead atoms. The first-order valence-electron chi connectivity index (χ1n) is 0.893. The third kappa shape index (κ3) is 195. The minimum absolute atomic E-state index is 0. The molecule has 0 aliphatic rings. The van der Waals surface area contributed by atoms with Crippen molar-refractivity contribution in [1.29, 1.82) is 0 Å². The van der Waals surface area contributed by atoms with Gasteiger partial charge in [-0.05, 0) is 11.6 Å². The lowest BCUT2D eigenvalue weighted by Gasteiger charge is -1.52. The average Bonchev–Trinajstić information content (AvgIpc) is 0.811. The molecule has 4 heteroatoms. The largest absolute Gasteiger partial charge is 0.282 e. The van der Waals surface area contributed by atoms with Gasteiger partial charge < -0.3 is 0 Å². The Labute approximate surface area is 53.9 Å². The van der Waals surface area contributed by atoms with Crippen molar-refractivity contribution < 1.29 is 4.79 Å². The monoisotopic (exact) mass is 150 g/mol. The second kappa shape index (κ2) is 9.11. The van der Waals surface area contributed by atoms with E-state index in [2.05, 4.69) is 11.6 Å². The standard InChI is InChI=1S/C2H3ClO.2ClH/c1-2(3)4;;/h1H3;2*1H. The third-order valence-electron chi connectivity index (χ3n) is 0. The number of hydrogen-bond acceptors (Lipinski definition) is 1. The second-order valence-corrected chi connectivity index (χ2v) is 1.00. The number of carbonyl (C=O) groups is 1. The van der Waals surface area contributed by atoms with Crippen LogP contribution in [0.2, 0.25) is 0 Å². The molecule has 1 nitrogen and oxygen atoms in total. The van der Waals surface area contributed by atoms with Gasteiger partial charge in [-0.3, -0.25) is 4.79 Å². The normalized spacial score (nSPS) is 4.33. The molecule has 0 fully saturated rings. The molecule has 0 heterocycles. The van der Waals surface area contributed by atoms with E-state index in [1.165, 1.54) is 6.92 Å². The highest BCUT2D eigenvalue weighted by Crippen LogP contribution is 1.67. The highest BCUT2D eigenvalue weighted by atomic mass is 35.5. The fourth-order valence-corrected chi connectivity index (χ4v) is 0. The molecule has 0 aromatic rings. The summed E-state index contributed by atoms with van der Waals surface area (Å²) >= 11 is 4.64. The first-order chi connectivity index (χ1) is 1.73. The smallest absolute Gasteiger partial charge is 0.218 e. The van der Waals surface area contributed by atoms with Crippen LogP contribution in [0.15, 0.2) is 0 Å². The van der Waals surface area contributed by atoms with Gasteiger partial charge in [0.2, 0.25) is 5.24 Å². The van der Waals surface area contributed by atoms with Gasteiger partial charge in [0, 0.05) is 6.92 Å². The molecule has 0 rings (SSSR count). The van der Waals surface area contributed by atoms with Gasteiger partial charge in [0.05, 0.1) is 0 Å².